The minimum absolute atomic E-state index is 0.305. The molecule has 19 heavy (non-hydrogen) atoms. The zero-order chi connectivity index (χ0) is 13.8. The lowest BCUT2D eigenvalue weighted by molar-refractivity contribution is 0.0231. The minimum Gasteiger partial charge on any atom is -0.378 e. The summed E-state index contributed by atoms with van der Waals surface area (Å²) in [4.78, 5) is 8.92. The predicted molar refractivity (Wildman–Crippen MR) is 77.8 cm³/mol. The van der Waals surface area contributed by atoms with Gasteiger partial charge in [-0.2, -0.15) is 0 Å². The van der Waals surface area contributed by atoms with Crippen molar-refractivity contribution in [3.05, 3.63) is 16.5 Å². The average molecular weight is 284 g/mol. The Labute approximate surface area is 119 Å². The van der Waals surface area contributed by atoms with Crippen molar-refractivity contribution in [1.29, 1.82) is 0 Å². The number of aromatic nitrogens is 2. The summed E-state index contributed by atoms with van der Waals surface area (Å²) in [7, 11) is 0. The molecule has 1 aliphatic rings. The average Bonchev–Trinajstić information content (AvgIpc) is 2.36. The monoisotopic (exact) mass is 283 g/mol. The lowest BCUT2D eigenvalue weighted by Gasteiger charge is -2.28. The van der Waals surface area contributed by atoms with Gasteiger partial charge >= 0.3 is 0 Å². The Balaban J connectivity index is 2.14. The summed E-state index contributed by atoms with van der Waals surface area (Å²) in [5.74, 6) is 1.70. The summed E-state index contributed by atoms with van der Waals surface area (Å²) in [5, 5.41) is 4.06. The molecule has 2 unspecified atom stereocenters. The molecule has 1 aromatic rings. The van der Waals surface area contributed by atoms with Crippen LogP contribution >= 0.6 is 11.6 Å². The first-order valence-electron chi connectivity index (χ1n) is 7.01. The molecule has 2 heterocycles. The van der Waals surface area contributed by atoms with Crippen LogP contribution in [-0.4, -0.2) is 28.7 Å². The molecule has 1 aliphatic heterocycles. The number of nitrogens with zero attached hydrogens (tertiary/aromatic N) is 2. The van der Waals surface area contributed by atoms with Crippen LogP contribution < -0.4 is 5.32 Å². The van der Waals surface area contributed by atoms with E-state index >= 15 is 0 Å². The molecule has 0 aromatic carbocycles. The maximum atomic E-state index is 6.19. The van der Waals surface area contributed by atoms with Crippen molar-refractivity contribution in [1.82, 2.24) is 9.97 Å². The van der Waals surface area contributed by atoms with Crippen molar-refractivity contribution in [2.24, 2.45) is 0 Å². The first kappa shape index (κ1) is 14.5. The van der Waals surface area contributed by atoms with Crippen molar-refractivity contribution in [2.45, 2.75) is 58.6 Å². The van der Waals surface area contributed by atoms with E-state index < -0.39 is 0 Å². The van der Waals surface area contributed by atoms with Gasteiger partial charge in [0, 0.05) is 24.6 Å². The summed E-state index contributed by atoms with van der Waals surface area (Å²) >= 11 is 6.19. The summed E-state index contributed by atoms with van der Waals surface area (Å²) in [6, 6.07) is 0.405. The molecular weight excluding hydrogens is 262 g/mol. The maximum absolute atomic E-state index is 6.19. The Morgan fingerprint density at radius 3 is 2.89 bits per heavy atom. The van der Waals surface area contributed by atoms with Gasteiger partial charge in [0.05, 0.1) is 6.10 Å². The summed E-state index contributed by atoms with van der Waals surface area (Å²) in [6.07, 6.45) is 4.20. The van der Waals surface area contributed by atoms with E-state index in [0.29, 0.717) is 17.3 Å². The molecule has 0 saturated carbocycles. The fourth-order valence-corrected chi connectivity index (χ4v) is 2.52. The summed E-state index contributed by atoms with van der Waals surface area (Å²) < 4.78 is 5.56. The number of anilines is 1. The van der Waals surface area contributed by atoms with Gasteiger partial charge in [-0.15, -0.1) is 0 Å². The topological polar surface area (TPSA) is 47.0 Å². The summed E-state index contributed by atoms with van der Waals surface area (Å²) in [6.45, 7) is 6.99. The standard InChI is InChI=1S/C14H22ClN3O/c1-4-5-12-17-13(15)10(3)14(18-12)16-11-6-7-19-9(2)8-11/h9,11H,4-8H2,1-3H3,(H,16,17,18). The highest BCUT2D eigenvalue weighted by Crippen LogP contribution is 2.24. The number of hydrogen-bond acceptors (Lipinski definition) is 4. The molecular formula is C14H22ClN3O. The van der Waals surface area contributed by atoms with E-state index in [-0.39, 0.29) is 0 Å². The second-order valence-electron chi connectivity index (χ2n) is 5.20. The van der Waals surface area contributed by atoms with Crippen molar-refractivity contribution in [3.63, 3.8) is 0 Å². The molecule has 1 aromatic heterocycles. The van der Waals surface area contributed by atoms with Gasteiger partial charge in [0.1, 0.15) is 16.8 Å². The molecule has 1 fully saturated rings. The fraction of sp³-hybridized carbons (Fsp3) is 0.714. The van der Waals surface area contributed by atoms with Gasteiger partial charge < -0.3 is 10.1 Å². The zero-order valence-electron chi connectivity index (χ0n) is 11.9. The third kappa shape index (κ3) is 3.80. The lowest BCUT2D eigenvalue weighted by atomic mass is 10.0. The van der Waals surface area contributed by atoms with Crippen molar-refractivity contribution >= 4 is 17.4 Å². The molecule has 1 saturated heterocycles. The lowest BCUT2D eigenvalue weighted by Crippen LogP contribution is -2.33. The second kappa shape index (κ2) is 6.53. The van der Waals surface area contributed by atoms with Gasteiger partial charge in [0.25, 0.3) is 0 Å². The van der Waals surface area contributed by atoms with Crippen LogP contribution in [0, 0.1) is 6.92 Å². The molecule has 106 valence electrons. The molecule has 0 amide bonds. The van der Waals surface area contributed by atoms with E-state index in [0.717, 1.165) is 49.5 Å². The fourth-order valence-electron chi connectivity index (χ4n) is 2.33. The van der Waals surface area contributed by atoms with Gasteiger partial charge in [-0.05, 0) is 33.1 Å². The van der Waals surface area contributed by atoms with Gasteiger partial charge in [-0.3, -0.25) is 0 Å². The smallest absolute Gasteiger partial charge is 0.137 e. The Morgan fingerprint density at radius 1 is 1.42 bits per heavy atom. The Hall–Kier alpha value is -0.870. The molecule has 0 bridgehead atoms. The molecule has 0 radical (unpaired) electrons. The Bertz CT molecular complexity index is 439. The van der Waals surface area contributed by atoms with Crippen LogP contribution in [0.1, 0.15) is 44.5 Å². The molecule has 1 N–H and O–H groups in total. The zero-order valence-corrected chi connectivity index (χ0v) is 12.6. The molecule has 2 rings (SSSR count). The van der Waals surface area contributed by atoms with E-state index in [4.69, 9.17) is 16.3 Å². The van der Waals surface area contributed by atoms with Crippen LogP contribution in [0.3, 0.4) is 0 Å². The number of nitrogens with one attached hydrogen (secondary N) is 1. The first-order chi connectivity index (χ1) is 9.10. The number of aryl methyl sites for hydroxylation is 1. The molecule has 5 heteroatoms. The quantitative estimate of drug-likeness (QED) is 0.861. The van der Waals surface area contributed by atoms with Gasteiger partial charge in [0.15, 0.2) is 0 Å². The van der Waals surface area contributed by atoms with Crippen LogP contribution in [0.4, 0.5) is 5.82 Å². The van der Waals surface area contributed by atoms with E-state index in [9.17, 15) is 0 Å². The van der Waals surface area contributed by atoms with Crippen molar-refractivity contribution < 1.29 is 4.74 Å². The Morgan fingerprint density at radius 2 is 2.21 bits per heavy atom. The van der Waals surface area contributed by atoms with Crippen LogP contribution in [0.25, 0.3) is 0 Å². The van der Waals surface area contributed by atoms with Crippen molar-refractivity contribution in [3.8, 4) is 0 Å². The van der Waals surface area contributed by atoms with Crippen LogP contribution in [0.5, 0.6) is 0 Å². The van der Waals surface area contributed by atoms with Crippen LogP contribution in [0.2, 0.25) is 5.15 Å². The predicted octanol–water partition coefficient (Wildman–Crippen LogP) is 3.37. The molecule has 0 spiro atoms. The molecule has 0 aliphatic carbocycles. The number of halogens is 1. The highest BCUT2D eigenvalue weighted by Gasteiger charge is 2.21. The highest BCUT2D eigenvalue weighted by atomic mass is 35.5. The van der Waals surface area contributed by atoms with Crippen LogP contribution in [0.15, 0.2) is 0 Å². The van der Waals surface area contributed by atoms with Gasteiger partial charge in [-0.1, -0.05) is 18.5 Å². The number of ether oxygens (including phenoxy) is 1. The van der Waals surface area contributed by atoms with Crippen molar-refractivity contribution in [2.75, 3.05) is 11.9 Å². The number of hydrogen-bond donors (Lipinski definition) is 1. The molecule has 2 atom stereocenters. The third-order valence-corrected chi connectivity index (χ3v) is 3.80. The SMILES string of the molecule is CCCc1nc(Cl)c(C)c(NC2CCOC(C)C2)n1. The van der Waals surface area contributed by atoms with Gasteiger partial charge in [-0.25, -0.2) is 9.97 Å². The molecule has 4 nitrogen and oxygen atoms in total. The van der Waals surface area contributed by atoms with Gasteiger partial charge in [0.2, 0.25) is 0 Å². The third-order valence-electron chi connectivity index (χ3n) is 3.43. The minimum atomic E-state index is 0.305. The van der Waals surface area contributed by atoms with E-state index in [1.54, 1.807) is 0 Å². The second-order valence-corrected chi connectivity index (χ2v) is 5.56. The normalized spacial score (nSPS) is 23.4. The highest BCUT2D eigenvalue weighted by molar-refractivity contribution is 6.30. The Kier molecular flexibility index (Phi) is 4.99. The van der Waals surface area contributed by atoms with E-state index in [1.807, 2.05) is 6.92 Å². The maximum Gasteiger partial charge on any atom is 0.137 e. The summed E-state index contributed by atoms with van der Waals surface area (Å²) in [5.41, 5.74) is 0.931. The number of rotatable bonds is 4. The largest absolute Gasteiger partial charge is 0.378 e. The first-order valence-corrected chi connectivity index (χ1v) is 7.39. The van der Waals surface area contributed by atoms with E-state index in [2.05, 4.69) is 29.1 Å². The van der Waals surface area contributed by atoms with Crippen LogP contribution in [-0.2, 0) is 11.2 Å². The van der Waals surface area contributed by atoms with E-state index in [1.165, 1.54) is 0 Å².